The smallest absolute Gasteiger partial charge is 0.319 e. The maximum Gasteiger partial charge on any atom is 0.319 e. The summed E-state index contributed by atoms with van der Waals surface area (Å²) >= 11 is 0. The minimum absolute atomic E-state index is 0.0638. The summed E-state index contributed by atoms with van der Waals surface area (Å²) in [6.07, 6.45) is 0. The van der Waals surface area contributed by atoms with Crippen molar-refractivity contribution in [1.29, 1.82) is 0 Å². The number of hydrogen-bond donors (Lipinski definition) is 2. The highest BCUT2D eigenvalue weighted by Crippen LogP contribution is 2.30. The van der Waals surface area contributed by atoms with E-state index in [1.54, 1.807) is 31.2 Å². The Morgan fingerprint density at radius 3 is 2.32 bits per heavy atom. The highest BCUT2D eigenvalue weighted by molar-refractivity contribution is 7.91. The van der Waals surface area contributed by atoms with Gasteiger partial charge in [-0.25, -0.2) is 13.2 Å². The first-order chi connectivity index (χ1) is 14.9. The lowest BCUT2D eigenvalue weighted by Crippen LogP contribution is -2.28. The lowest BCUT2D eigenvalue weighted by atomic mass is 10.1. The van der Waals surface area contributed by atoms with Crippen LogP contribution in [0.25, 0.3) is 21.8 Å². The average molecular weight is 436 g/mol. The number of carbonyl (C=O) groups excluding carboxylic acids is 1. The average Bonchev–Trinajstić information content (AvgIpc) is 3.11. The number of fused-ring (bicyclic) bond motifs is 3. The molecule has 160 valence electrons. The number of hydrogen-bond acceptors (Lipinski definition) is 3. The van der Waals surface area contributed by atoms with Crippen LogP contribution in [0.15, 0.2) is 71.6 Å². The largest absolute Gasteiger partial charge is 0.341 e. The van der Waals surface area contributed by atoms with Crippen molar-refractivity contribution in [2.24, 2.45) is 0 Å². The van der Waals surface area contributed by atoms with Crippen molar-refractivity contribution in [2.45, 2.75) is 31.8 Å². The number of sulfone groups is 1. The number of carbonyl (C=O) groups is 1. The van der Waals surface area contributed by atoms with Gasteiger partial charge in [0.05, 0.1) is 10.6 Å². The second-order valence-corrected chi connectivity index (χ2v) is 9.63. The second-order valence-electron chi connectivity index (χ2n) is 7.35. The maximum atomic E-state index is 12.4. The van der Waals surface area contributed by atoms with Crippen LogP contribution in [0.4, 0.5) is 10.5 Å². The minimum Gasteiger partial charge on any atom is -0.341 e. The van der Waals surface area contributed by atoms with E-state index in [4.69, 9.17) is 0 Å². The van der Waals surface area contributed by atoms with Crippen molar-refractivity contribution in [1.82, 2.24) is 9.88 Å². The number of nitrogens with zero attached hydrogens (tertiary/aromatic N) is 1. The van der Waals surface area contributed by atoms with Crippen LogP contribution in [0.2, 0.25) is 0 Å². The molecule has 0 saturated heterocycles. The molecule has 0 atom stereocenters. The molecule has 0 spiro atoms. The van der Waals surface area contributed by atoms with Gasteiger partial charge in [0, 0.05) is 40.6 Å². The highest BCUT2D eigenvalue weighted by atomic mass is 32.2. The fraction of sp³-hybridized carbons (Fsp3) is 0.208. The number of aromatic nitrogens is 1. The zero-order valence-electron chi connectivity index (χ0n) is 17.6. The van der Waals surface area contributed by atoms with Gasteiger partial charge >= 0.3 is 6.03 Å². The molecule has 1 heterocycles. The summed E-state index contributed by atoms with van der Waals surface area (Å²) in [4.78, 5) is 12.7. The molecule has 0 saturated carbocycles. The number of amides is 2. The molecule has 3 aromatic carbocycles. The van der Waals surface area contributed by atoms with Gasteiger partial charge in [-0.05, 0) is 48.9 Å². The lowest BCUT2D eigenvalue weighted by Gasteiger charge is -2.09. The van der Waals surface area contributed by atoms with E-state index in [0.717, 1.165) is 28.4 Å². The van der Waals surface area contributed by atoms with Crippen molar-refractivity contribution < 1.29 is 13.2 Å². The Hall–Kier alpha value is -3.32. The van der Waals surface area contributed by atoms with Gasteiger partial charge in [-0.1, -0.05) is 37.3 Å². The Bertz CT molecular complexity index is 1360. The molecule has 0 bridgehead atoms. The van der Waals surface area contributed by atoms with E-state index in [1.807, 2.05) is 30.3 Å². The van der Waals surface area contributed by atoms with Crippen molar-refractivity contribution >= 4 is 43.4 Å². The van der Waals surface area contributed by atoms with Gasteiger partial charge in [-0.3, -0.25) is 0 Å². The van der Waals surface area contributed by atoms with Gasteiger partial charge in [0.15, 0.2) is 9.84 Å². The van der Waals surface area contributed by atoms with Gasteiger partial charge in [0.25, 0.3) is 0 Å². The van der Waals surface area contributed by atoms with Crippen LogP contribution in [0, 0.1) is 0 Å². The topological polar surface area (TPSA) is 80.2 Å². The standard InChI is InChI=1S/C24H25N3O3S/c1-3-27-22-8-6-5-7-20(22)21-15-18(11-14-23(21)27)26-24(28)25-16-17-9-12-19(13-10-17)31(29,30)4-2/h5-15H,3-4,16H2,1-2H3,(H2,25,26,28). The first-order valence-corrected chi connectivity index (χ1v) is 12.0. The predicted octanol–water partition coefficient (Wildman–Crippen LogP) is 4.93. The summed E-state index contributed by atoms with van der Waals surface area (Å²) in [7, 11) is -3.22. The van der Waals surface area contributed by atoms with Gasteiger partial charge < -0.3 is 15.2 Å². The van der Waals surface area contributed by atoms with Crippen molar-refractivity contribution in [3.8, 4) is 0 Å². The normalized spacial score (nSPS) is 11.7. The number of urea groups is 1. The van der Waals surface area contributed by atoms with Gasteiger partial charge in [0.2, 0.25) is 0 Å². The molecule has 6 nitrogen and oxygen atoms in total. The van der Waals surface area contributed by atoms with Crippen LogP contribution >= 0.6 is 0 Å². The second kappa shape index (κ2) is 8.43. The molecular weight excluding hydrogens is 410 g/mol. The van der Waals surface area contributed by atoms with Crippen molar-refractivity contribution in [2.75, 3.05) is 11.1 Å². The monoisotopic (exact) mass is 435 g/mol. The van der Waals surface area contributed by atoms with Crippen LogP contribution in [0.1, 0.15) is 19.4 Å². The summed E-state index contributed by atoms with van der Waals surface area (Å²) in [5.74, 6) is 0.0638. The van der Waals surface area contributed by atoms with E-state index in [-0.39, 0.29) is 11.8 Å². The van der Waals surface area contributed by atoms with Crippen LogP contribution in [-0.4, -0.2) is 24.8 Å². The predicted molar refractivity (Wildman–Crippen MR) is 125 cm³/mol. The number of nitrogens with one attached hydrogen (secondary N) is 2. The molecule has 0 aliphatic carbocycles. The van der Waals surface area contributed by atoms with Crippen LogP contribution in [0.5, 0.6) is 0 Å². The molecule has 0 unspecified atom stereocenters. The van der Waals surface area contributed by atoms with E-state index in [1.165, 1.54) is 5.52 Å². The number of aryl methyl sites for hydroxylation is 1. The summed E-state index contributed by atoms with van der Waals surface area (Å²) in [5.41, 5.74) is 3.85. The lowest BCUT2D eigenvalue weighted by molar-refractivity contribution is 0.251. The fourth-order valence-corrected chi connectivity index (χ4v) is 4.70. The molecule has 2 N–H and O–H groups in total. The van der Waals surface area contributed by atoms with E-state index in [0.29, 0.717) is 17.1 Å². The zero-order valence-corrected chi connectivity index (χ0v) is 18.4. The zero-order chi connectivity index (χ0) is 22.0. The SMILES string of the molecule is CCn1c2ccccc2c2cc(NC(=O)NCc3ccc(S(=O)(=O)CC)cc3)ccc21. The van der Waals surface area contributed by atoms with E-state index in [2.05, 4.69) is 34.3 Å². The number of benzene rings is 3. The molecule has 7 heteroatoms. The van der Waals surface area contributed by atoms with Gasteiger partial charge in [-0.2, -0.15) is 0 Å². The summed E-state index contributed by atoms with van der Waals surface area (Å²) in [6.45, 7) is 4.91. The molecule has 31 heavy (non-hydrogen) atoms. The first kappa shape index (κ1) is 20.9. The van der Waals surface area contributed by atoms with E-state index < -0.39 is 9.84 Å². The number of rotatable bonds is 6. The number of anilines is 1. The Balaban J connectivity index is 1.47. The third-order valence-corrected chi connectivity index (χ3v) is 7.21. The molecule has 0 aliphatic heterocycles. The van der Waals surface area contributed by atoms with Crippen molar-refractivity contribution in [3.63, 3.8) is 0 Å². The van der Waals surface area contributed by atoms with E-state index >= 15 is 0 Å². The summed E-state index contributed by atoms with van der Waals surface area (Å²) in [5, 5.41) is 7.96. The molecule has 0 fully saturated rings. The fourth-order valence-electron chi connectivity index (χ4n) is 3.81. The molecular formula is C24H25N3O3S. The molecule has 2 amide bonds. The third kappa shape index (κ3) is 4.14. The molecule has 4 aromatic rings. The van der Waals surface area contributed by atoms with Gasteiger partial charge in [0.1, 0.15) is 0 Å². The quantitative estimate of drug-likeness (QED) is 0.451. The summed E-state index contributed by atoms with van der Waals surface area (Å²) < 4.78 is 26.1. The highest BCUT2D eigenvalue weighted by Gasteiger charge is 2.12. The van der Waals surface area contributed by atoms with Gasteiger partial charge in [-0.15, -0.1) is 0 Å². The Morgan fingerprint density at radius 1 is 0.903 bits per heavy atom. The van der Waals surface area contributed by atoms with Crippen molar-refractivity contribution in [3.05, 3.63) is 72.3 Å². The first-order valence-electron chi connectivity index (χ1n) is 10.3. The maximum absolute atomic E-state index is 12.4. The summed E-state index contributed by atoms with van der Waals surface area (Å²) in [6, 6.07) is 20.4. The third-order valence-electron chi connectivity index (χ3n) is 5.46. The Morgan fingerprint density at radius 2 is 1.61 bits per heavy atom. The van der Waals surface area contributed by atoms with Crippen LogP contribution in [0.3, 0.4) is 0 Å². The molecule has 1 aromatic heterocycles. The molecule has 4 rings (SSSR count). The van der Waals surface area contributed by atoms with Crippen LogP contribution < -0.4 is 10.6 Å². The minimum atomic E-state index is -3.22. The molecule has 0 aliphatic rings. The molecule has 0 radical (unpaired) electrons. The Labute approximate surface area is 181 Å². The van der Waals surface area contributed by atoms with E-state index in [9.17, 15) is 13.2 Å². The Kier molecular flexibility index (Phi) is 5.69. The van der Waals surface area contributed by atoms with Crippen LogP contribution in [-0.2, 0) is 22.9 Å². The number of para-hydroxylation sites is 1.